The lowest BCUT2D eigenvalue weighted by Crippen LogP contribution is -2.42. The minimum atomic E-state index is 0.448. The van der Waals surface area contributed by atoms with Crippen LogP contribution in [-0.4, -0.2) is 34.7 Å². The average Bonchev–Trinajstić information content (AvgIpc) is 3.35. The van der Waals surface area contributed by atoms with Crippen LogP contribution in [0.4, 0.5) is 0 Å². The molecule has 0 spiro atoms. The van der Waals surface area contributed by atoms with Gasteiger partial charge in [0.15, 0.2) is 11.8 Å². The number of hydrogen-bond acceptors (Lipinski definition) is 3. The third-order valence-electron chi connectivity index (χ3n) is 5.34. The zero-order chi connectivity index (χ0) is 17.5. The van der Waals surface area contributed by atoms with Gasteiger partial charge in [-0.15, -0.1) is 0 Å². The fourth-order valence-corrected chi connectivity index (χ4v) is 3.63. The Morgan fingerprint density at radius 2 is 2.12 bits per heavy atom. The van der Waals surface area contributed by atoms with Gasteiger partial charge in [0.1, 0.15) is 6.33 Å². The topological polar surface area (TPSA) is 78.0 Å². The molecular weight excluding hydrogens is 312 g/mol. The van der Waals surface area contributed by atoms with Gasteiger partial charge in [-0.25, -0.2) is 4.98 Å². The van der Waals surface area contributed by atoms with Gasteiger partial charge >= 0.3 is 0 Å². The van der Waals surface area contributed by atoms with E-state index in [1.165, 1.54) is 44.0 Å². The van der Waals surface area contributed by atoms with Crippen LogP contribution in [0.3, 0.4) is 0 Å². The summed E-state index contributed by atoms with van der Waals surface area (Å²) < 4.78 is 0. The Balaban J connectivity index is 1.55. The number of aliphatic imine (C=N–C) groups is 1. The van der Waals surface area contributed by atoms with E-state index in [1.807, 2.05) is 19.2 Å². The minimum absolute atomic E-state index is 0.448. The second-order valence-corrected chi connectivity index (χ2v) is 6.87. The van der Waals surface area contributed by atoms with Crippen molar-refractivity contribution < 1.29 is 0 Å². The number of hydrogen-bond donors (Lipinski definition) is 3. The summed E-state index contributed by atoms with van der Waals surface area (Å²) in [6, 6.07) is 8.29. The molecule has 2 aromatic rings. The van der Waals surface area contributed by atoms with E-state index in [4.69, 9.17) is 0 Å². The highest BCUT2D eigenvalue weighted by Crippen LogP contribution is 2.40. The van der Waals surface area contributed by atoms with Gasteiger partial charge in [-0.05, 0) is 36.3 Å². The molecular formula is C19H28N6. The summed E-state index contributed by atoms with van der Waals surface area (Å²) >= 11 is 0. The van der Waals surface area contributed by atoms with Gasteiger partial charge in [-0.2, -0.15) is 5.10 Å². The summed E-state index contributed by atoms with van der Waals surface area (Å²) in [6.45, 7) is 4.03. The molecule has 3 N–H and O–H groups in total. The van der Waals surface area contributed by atoms with E-state index in [1.54, 1.807) is 0 Å². The van der Waals surface area contributed by atoms with Crippen LogP contribution in [-0.2, 0) is 6.54 Å². The molecule has 0 atom stereocenters. The number of nitrogens with zero attached hydrogens (tertiary/aromatic N) is 3. The van der Waals surface area contributed by atoms with Crippen molar-refractivity contribution in [3.63, 3.8) is 0 Å². The molecule has 0 bridgehead atoms. The van der Waals surface area contributed by atoms with Crippen LogP contribution < -0.4 is 10.6 Å². The first kappa shape index (κ1) is 17.5. The summed E-state index contributed by atoms with van der Waals surface area (Å²) in [4.78, 5) is 8.57. The van der Waals surface area contributed by atoms with Crippen LogP contribution in [0.2, 0.25) is 0 Å². The highest BCUT2D eigenvalue weighted by molar-refractivity contribution is 5.79. The molecule has 1 aliphatic rings. The molecule has 1 aliphatic carbocycles. The van der Waals surface area contributed by atoms with Gasteiger partial charge < -0.3 is 10.6 Å². The second-order valence-electron chi connectivity index (χ2n) is 6.87. The highest BCUT2D eigenvalue weighted by Gasteiger charge is 2.31. The quantitative estimate of drug-likeness (QED) is 0.558. The number of nitrogens with one attached hydrogen (secondary N) is 3. The molecule has 25 heavy (non-hydrogen) atoms. The molecule has 0 aliphatic heterocycles. The second kappa shape index (κ2) is 8.14. The first-order valence-corrected chi connectivity index (χ1v) is 9.14. The minimum Gasteiger partial charge on any atom is -0.356 e. The van der Waals surface area contributed by atoms with Gasteiger partial charge in [0.25, 0.3) is 0 Å². The van der Waals surface area contributed by atoms with Crippen molar-refractivity contribution in [2.75, 3.05) is 13.6 Å². The van der Waals surface area contributed by atoms with Crippen molar-refractivity contribution in [2.45, 2.75) is 45.6 Å². The van der Waals surface area contributed by atoms with Crippen LogP contribution in [0.1, 0.15) is 44.6 Å². The fraction of sp³-hybridized carbons (Fsp3) is 0.526. The molecule has 0 amide bonds. The number of aromatic nitrogens is 3. The Labute approximate surface area is 149 Å². The van der Waals surface area contributed by atoms with Gasteiger partial charge in [-0.1, -0.05) is 38.0 Å². The highest BCUT2D eigenvalue weighted by atomic mass is 15.2. The third-order valence-corrected chi connectivity index (χ3v) is 5.34. The zero-order valence-electron chi connectivity index (χ0n) is 15.2. The monoisotopic (exact) mass is 340 g/mol. The maximum atomic E-state index is 4.37. The molecule has 0 saturated heterocycles. The normalized spacial score (nSPS) is 16.8. The molecule has 0 radical (unpaired) electrons. The summed E-state index contributed by atoms with van der Waals surface area (Å²) in [5.41, 5.74) is 2.67. The van der Waals surface area contributed by atoms with Crippen molar-refractivity contribution in [3.8, 4) is 11.4 Å². The number of benzene rings is 1. The summed E-state index contributed by atoms with van der Waals surface area (Å²) in [5, 5.41) is 13.8. The van der Waals surface area contributed by atoms with E-state index in [2.05, 4.69) is 49.9 Å². The molecule has 134 valence electrons. The van der Waals surface area contributed by atoms with Crippen LogP contribution in [0.15, 0.2) is 35.6 Å². The Hall–Kier alpha value is -2.37. The lowest BCUT2D eigenvalue weighted by Gasteiger charge is -2.28. The number of H-pyrrole nitrogens is 1. The van der Waals surface area contributed by atoms with E-state index in [9.17, 15) is 0 Å². The van der Waals surface area contributed by atoms with Gasteiger partial charge in [0, 0.05) is 25.7 Å². The van der Waals surface area contributed by atoms with Gasteiger partial charge in [-0.3, -0.25) is 10.1 Å². The molecule has 1 saturated carbocycles. The number of guanidine groups is 1. The molecule has 0 unspecified atom stereocenters. The molecule has 1 aromatic heterocycles. The van der Waals surface area contributed by atoms with E-state index in [0.717, 1.165) is 30.4 Å². The fourth-order valence-electron chi connectivity index (χ4n) is 3.63. The Morgan fingerprint density at radius 1 is 1.28 bits per heavy atom. The largest absolute Gasteiger partial charge is 0.356 e. The van der Waals surface area contributed by atoms with E-state index in [-0.39, 0.29) is 0 Å². The summed E-state index contributed by atoms with van der Waals surface area (Å²) in [6.07, 6.45) is 8.13. The van der Waals surface area contributed by atoms with Crippen molar-refractivity contribution in [2.24, 2.45) is 10.4 Å². The predicted molar refractivity (Wildman–Crippen MR) is 101 cm³/mol. The molecule has 3 rings (SSSR count). The number of aromatic amines is 1. The lowest BCUT2D eigenvalue weighted by atomic mass is 9.83. The maximum Gasteiger partial charge on any atom is 0.191 e. The van der Waals surface area contributed by atoms with Crippen LogP contribution in [0.5, 0.6) is 0 Å². The first-order chi connectivity index (χ1) is 12.2. The van der Waals surface area contributed by atoms with Crippen molar-refractivity contribution in [1.82, 2.24) is 25.8 Å². The Morgan fingerprint density at radius 3 is 2.80 bits per heavy atom. The van der Waals surface area contributed by atoms with Gasteiger partial charge in [0.2, 0.25) is 0 Å². The van der Waals surface area contributed by atoms with E-state index < -0.39 is 0 Å². The molecule has 1 fully saturated rings. The zero-order valence-corrected chi connectivity index (χ0v) is 15.2. The summed E-state index contributed by atoms with van der Waals surface area (Å²) in [5.74, 6) is 1.65. The van der Waals surface area contributed by atoms with Crippen molar-refractivity contribution >= 4 is 5.96 Å². The molecule has 1 heterocycles. The SMILES string of the molecule is CCC1(CNC(=NC)NCc2cccc(-c3ncn[nH]3)c2)CCCC1. The maximum absolute atomic E-state index is 4.37. The van der Waals surface area contributed by atoms with Crippen LogP contribution in [0.25, 0.3) is 11.4 Å². The third kappa shape index (κ3) is 4.38. The summed E-state index contributed by atoms with van der Waals surface area (Å²) in [7, 11) is 1.83. The standard InChI is InChI=1S/C19H28N6/c1-3-19(9-4-5-10-19)13-22-18(20-2)21-12-15-7-6-8-16(11-15)17-23-14-24-25-17/h6-8,11,14H,3-5,9-10,12-13H2,1-2H3,(H2,20,21,22)(H,23,24,25). The predicted octanol–water partition coefficient (Wildman–Crippen LogP) is 3.11. The molecule has 1 aromatic carbocycles. The Kier molecular flexibility index (Phi) is 5.68. The molecule has 6 nitrogen and oxygen atoms in total. The first-order valence-electron chi connectivity index (χ1n) is 9.14. The van der Waals surface area contributed by atoms with Crippen molar-refractivity contribution in [3.05, 3.63) is 36.2 Å². The van der Waals surface area contributed by atoms with E-state index >= 15 is 0 Å². The lowest BCUT2D eigenvalue weighted by molar-refractivity contribution is 0.283. The van der Waals surface area contributed by atoms with Crippen molar-refractivity contribution in [1.29, 1.82) is 0 Å². The molecule has 6 heteroatoms. The van der Waals surface area contributed by atoms with Gasteiger partial charge in [0.05, 0.1) is 0 Å². The Bertz CT molecular complexity index is 686. The van der Waals surface area contributed by atoms with Crippen LogP contribution >= 0.6 is 0 Å². The number of rotatable bonds is 6. The van der Waals surface area contributed by atoms with Crippen LogP contribution in [0, 0.1) is 5.41 Å². The van der Waals surface area contributed by atoms with E-state index in [0.29, 0.717) is 5.41 Å². The smallest absolute Gasteiger partial charge is 0.191 e. The average molecular weight is 340 g/mol.